The van der Waals surface area contributed by atoms with Crippen molar-refractivity contribution in [3.05, 3.63) is 11.8 Å². The van der Waals surface area contributed by atoms with Crippen molar-refractivity contribution in [2.75, 3.05) is 53.5 Å². The zero-order chi connectivity index (χ0) is 14.7. The van der Waals surface area contributed by atoms with Crippen LogP contribution in [0.15, 0.2) is 11.8 Å². The van der Waals surface area contributed by atoms with E-state index in [0.717, 1.165) is 6.54 Å². The summed E-state index contributed by atoms with van der Waals surface area (Å²) in [7, 11) is 3.85. The summed E-state index contributed by atoms with van der Waals surface area (Å²) >= 11 is 0. The highest BCUT2D eigenvalue weighted by Gasteiger charge is 2.17. The molecule has 0 aliphatic heterocycles. The minimum absolute atomic E-state index is 0.0411. The van der Waals surface area contributed by atoms with Gasteiger partial charge in [-0.05, 0) is 14.1 Å². The van der Waals surface area contributed by atoms with Gasteiger partial charge in [-0.25, -0.2) is 0 Å². The second kappa shape index (κ2) is 10.3. The van der Waals surface area contributed by atoms with Crippen LogP contribution in [0.4, 0.5) is 0 Å². The number of hydrogen-bond acceptors (Lipinski definition) is 6. The number of amides is 1. The second-order valence-corrected chi connectivity index (χ2v) is 4.17. The van der Waals surface area contributed by atoms with E-state index in [0.29, 0.717) is 6.54 Å². The molecule has 108 valence electrons. The SMILES string of the molecule is CN(C)CCN/C=C(/C#N)C(=O)N(CCO)CCO. The molecule has 7 nitrogen and oxygen atoms in total. The summed E-state index contributed by atoms with van der Waals surface area (Å²) in [4.78, 5) is 15.2. The number of carbonyl (C=O) groups excluding carboxylic acids is 1. The third-order valence-corrected chi connectivity index (χ3v) is 2.33. The average Bonchev–Trinajstić information content (AvgIpc) is 2.37. The number of carbonyl (C=O) groups is 1. The number of nitrogens with zero attached hydrogens (tertiary/aromatic N) is 3. The predicted octanol–water partition coefficient (Wildman–Crippen LogP) is -1.64. The first-order chi connectivity index (χ1) is 9.06. The van der Waals surface area contributed by atoms with Crippen LogP contribution in [-0.4, -0.2) is 79.4 Å². The lowest BCUT2D eigenvalue weighted by molar-refractivity contribution is -0.127. The van der Waals surface area contributed by atoms with Crippen LogP contribution in [-0.2, 0) is 4.79 Å². The number of nitrogens with one attached hydrogen (secondary N) is 1. The molecule has 19 heavy (non-hydrogen) atoms. The third kappa shape index (κ3) is 7.41. The Morgan fingerprint density at radius 1 is 1.26 bits per heavy atom. The molecule has 0 spiro atoms. The van der Waals surface area contributed by atoms with E-state index in [4.69, 9.17) is 15.5 Å². The lowest BCUT2D eigenvalue weighted by Crippen LogP contribution is -2.37. The molecule has 0 aliphatic carbocycles. The molecule has 0 saturated heterocycles. The van der Waals surface area contributed by atoms with Crippen LogP contribution in [0.3, 0.4) is 0 Å². The Labute approximate surface area is 113 Å². The van der Waals surface area contributed by atoms with E-state index in [1.807, 2.05) is 25.1 Å². The molecule has 0 aromatic heterocycles. The van der Waals surface area contributed by atoms with E-state index in [-0.39, 0.29) is 31.9 Å². The first-order valence-electron chi connectivity index (χ1n) is 6.06. The van der Waals surface area contributed by atoms with Gasteiger partial charge in [0.15, 0.2) is 0 Å². The maximum Gasteiger partial charge on any atom is 0.266 e. The highest BCUT2D eigenvalue weighted by molar-refractivity contribution is 5.97. The van der Waals surface area contributed by atoms with Gasteiger partial charge < -0.3 is 25.3 Å². The molecule has 0 radical (unpaired) electrons. The Balaban J connectivity index is 4.51. The minimum Gasteiger partial charge on any atom is -0.395 e. The molecule has 0 saturated carbocycles. The van der Waals surface area contributed by atoms with Gasteiger partial charge in [-0.1, -0.05) is 0 Å². The van der Waals surface area contributed by atoms with Crippen LogP contribution in [0.2, 0.25) is 0 Å². The van der Waals surface area contributed by atoms with E-state index < -0.39 is 5.91 Å². The fraction of sp³-hybridized carbons (Fsp3) is 0.667. The van der Waals surface area contributed by atoms with Crippen molar-refractivity contribution in [1.29, 1.82) is 5.26 Å². The van der Waals surface area contributed by atoms with Gasteiger partial charge in [-0.2, -0.15) is 5.26 Å². The first-order valence-corrected chi connectivity index (χ1v) is 6.06. The normalized spacial score (nSPS) is 11.3. The van der Waals surface area contributed by atoms with Gasteiger partial charge in [-0.15, -0.1) is 0 Å². The third-order valence-electron chi connectivity index (χ3n) is 2.33. The van der Waals surface area contributed by atoms with E-state index in [1.54, 1.807) is 0 Å². The quantitative estimate of drug-likeness (QED) is 0.264. The fourth-order valence-corrected chi connectivity index (χ4v) is 1.33. The van der Waals surface area contributed by atoms with Crippen LogP contribution in [0.25, 0.3) is 0 Å². The number of likely N-dealkylation sites (N-methyl/N-ethyl adjacent to an activating group) is 1. The Kier molecular flexibility index (Phi) is 9.44. The molecule has 3 N–H and O–H groups in total. The molecule has 0 unspecified atom stereocenters. The molecule has 0 heterocycles. The summed E-state index contributed by atoms with van der Waals surface area (Å²) in [5, 5.41) is 29.5. The summed E-state index contributed by atoms with van der Waals surface area (Å²) in [5.41, 5.74) is -0.0411. The van der Waals surface area contributed by atoms with E-state index in [1.165, 1.54) is 11.1 Å². The van der Waals surface area contributed by atoms with Gasteiger partial charge >= 0.3 is 0 Å². The van der Waals surface area contributed by atoms with Gasteiger partial charge in [-0.3, -0.25) is 4.79 Å². The number of nitriles is 1. The first kappa shape index (κ1) is 17.4. The van der Waals surface area contributed by atoms with Crippen LogP contribution in [0.1, 0.15) is 0 Å². The molecule has 0 aromatic carbocycles. The molecule has 0 atom stereocenters. The van der Waals surface area contributed by atoms with Gasteiger partial charge in [0, 0.05) is 32.4 Å². The zero-order valence-electron chi connectivity index (χ0n) is 11.5. The highest BCUT2D eigenvalue weighted by Crippen LogP contribution is 2.00. The summed E-state index contributed by atoms with van der Waals surface area (Å²) in [6.07, 6.45) is 1.37. The summed E-state index contributed by atoms with van der Waals surface area (Å²) in [6, 6.07) is 1.82. The molecule has 1 amide bonds. The molecule has 0 fully saturated rings. The van der Waals surface area contributed by atoms with Crippen molar-refractivity contribution >= 4 is 5.91 Å². The molecule has 0 aromatic rings. The van der Waals surface area contributed by atoms with E-state index in [9.17, 15) is 4.79 Å². The molecule has 7 heteroatoms. The highest BCUT2D eigenvalue weighted by atomic mass is 16.3. The van der Waals surface area contributed by atoms with Crippen LogP contribution < -0.4 is 5.32 Å². The van der Waals surface area contributed by atoms with Crippen molar-refractivity contribution in [3.63, 3.8) is 0 Å². The Hall–Kier alpha value is -1.62. The lowest BCUT2D eigenvalue weighted by atomic mass is 10.2. The van der Waals surface area contributed by atoms with Crippen LogP contribution >= 0.6 is 0 Å². The summed E-state index contributed by atoms with van der Waals surface area (Å²) in [6.45, 7) is 1.16. The second-order valence-electron chi connectivity index (χ2n) is 4.17. The number of rotatable bonds is 9. The van der Waals surface area contributed by atoms with Crippen molar-refractivity contribution in [3.8, 4) is 6.07 Å². The summed E-state index contributed by atoms with van der Waals surface area (Å²) in [5.74, 6) is -0.497. The predicted molar refractivity (Wildman–Crippen MR) is 71.0 cm³/mol. The molecule has 0 aliphatic rings. The number of hydrogen-bond donors (Lipinski definition) is 3. The molecule has 0 rings (SSSR count). The van der Waals surface area contributed by atoms with Crippen molar-refractivity contribution in [1.82, 2.24) is 15.1 Å². The van der Waals surface area contributed by atoms with Gasteiger partial charge in [0.2, 0.25) is 0 Å². The Bertz CT molecular complexity index is 330. The van der Waals surface area contributed by atoms with Gasteiger partial charge in [0.1, 0.15) is 11.6 Å². The van der Waals surface area contributed by atoms with Crippen LogP contribution in [0.5, 0.6) is 0 Å². The van der Waals surface area contributed by atoms with E-state index in [2.05, 4.69) is 5.32 Å². The standard InChI is InChI=1S/C12H22N4O3/c1-15(2)4-3-14-10-11(9-13)12(19)16(5-7-17)6-8-18/h10,14,17-18H,3-8H2,1-2H3/b11-10-. The molecule has 0 bridgehead atoms. The Morgan fingerprint density at radius 3 is 2.26 bits per heavy atom. The average molecular weight is 270 g/mol. The van der Waals surface area contributed by atoms with Gasteiger partial charge in [0.25, 0.3) is 5.91 Å². The zero-order valence-corrected chi connectivity index (χ0v) is 11.5. The van der Waals surface area contributed by atoms with Crippen molar-refractivity contribution in [2.24, 2.45) is 0 Å². The van der Waals surface area contributed by atoms with E-state index >= 15 is 0 Å². The largest absolute Gasteiger partial charge is 0.395 e. The maximum absolute atomic E-state index is 11.9. The minimum atomic E-state index is -0.497. The Morgan fingerprint density at radius 2 is 1.84 bits per heavy atom. The van der Waals surface area contributed by atoms with Crippen molar-refractivity contribution in [2.45, 2.75) is 0 Å². The number of aliphatic hydroxyl groups excluding tert-OH is 2. The smallest absolute Gasteiger partial charge is 0.266 e. The molecular formula is C12H22N4O3. The topological polar surface area (TPSA) is 99.8 Å². The summed E-state index contributed by atoms with van der Waals surface area (Å²) < 4.78 is 0. The lowest BCUT2D eigenvalue weighted by Gasteiger charge is -2.20. The fourth-order valence-electron chi connectivity index (χ4n) is 1.33. The number of aliphatic hydroxyl groups is 2. The maximum atomic E-state index is 11.9. The van der Waals surface area contributed by atoms with Gasteiger partial charge in [0.05, 0.1) is 13.2 Å². The molecular weight excluding hydrogens is 248 g/mol. The van der Waals surface area contributed by atoms with Crippen molar-refractivity contribution < 1.29 is 15.0 Å². The van der Waals surface area contributed by atoms with Crippen LogP contribution in [0, 0.1) is 11.3 Å². The monoisotopic (exact) mass is 270 g/mol.